The summed E-state index contributed by atoms with van der Waals surface area (Å²) in [6.07, 6.45) is 1.78. The number of nitrogens with zero attached hydrogens (tertiary/aromatic N) is 3. The second-order valence-corrected chi connectivity index (χ2v) is 4.21. The van der Waals surface area contributed by atoms with Crippen LogP contribution in [0.15, 0.2) is 29.4 Å². The highest BCUT2D eigenvalue weighted by atomic mass is 127. The van der Waals surface area contributed by atoms with Crippen LogP contribution in [0.1, 0.15) is 12.8 Å². The van der Waals surface area contributed by atoms with Crippen LogP contribution in [0.4, 0.5) is 0 Å². The van der Waals surface area contributed by atoms with E-state index in [1.165, 1.54) is 3.57 Å². The lowest BCUT2D eigenvalue weighted by molar-refractivity contribution is 0.307. The van der Waals surface area contributed by atoms with Crippen molar-refractivity contribution in [3.8, 4) is 5.75 Å². The first kappa shape index (κ1) is 12.1. The maximum absolute atomic E-state index is 8.06. The Kier molecular flexibility index (Phi) is 5.96. The minimum absolute atomic E-state index is 0.548. The third-order valence-corrected chi connectivity index (χ3v) is 2.45. The molecule has 0 spiro atoms. The highest BCUT2D eigenvalue weighted by Gasteiger charge is 1.94. The molecule has 80 valence electrons. The fourth-order valence-corrected chi connectivity index (χ4v) is 1.59. The summed E-state index contributed by atoms with van der Waals surface area (Å²) in [5, 5.41) is 3.45. The van der Waals surface area contributed by atoms with Gasteiger partial charge < -0.3 is 4.74 Å². The number of hydrogen-bond donors (Lipinski definition) is 0. The normalized spacial score (nSPS) is 9.40. The molecule has 5 heteroatoms. The van der Waals surface area contributed by atoms with Crippen molar-refractivity contribution in [1.29, 1.82) is 0 Å². The Morgan fingerprint density at radius 1 is 1.40 bits per heavy atom. The van der Waals surface area contributed by atoms with Crippen molar-refractivity contribution in [3.63, 3.8) is 0 Å². The van der Waals surface area contributed by atoms with E-state index in [1.54, 1.807) is 0 Å². The Morgan fingerprint density at radius 3 is 3.00 bits per heavy atom. The lowest BCUT2D eigenvalue weighted by Gasteiger charge is -2.05. The molecule has 1 aromatic carbocycles. The van der Waals surface area contributed by atoms with Gasteiger partial charge in [0.05, 0.1) is 6.61 Å². The summed E-state index contributed by atoms with van der Waals surface area (Å²) in [7, 11) is 0. The topological polar surface area (TPSA) is 58.0 Å². The molecule has 0 N–H and O–H groups in total. The Balaban J connectivity index is 2.17. The van der Waals surface area contributed by atoms with Crippen molar-refractivity contribution in [2.75, 3.05) is 13.2 Å². The summed E-state index contributed by atoms with van der Waals surface area (Å²) in [5.74, 6) is 0.894. The Bertz CT molecular complexity index is 350. The summed E-state index contributed by atoms with van der Waals surface area (Å²) < 4.78 is 6.69. The molecule has 0 aromatic heterocycles. The van der Waals surface area contributed by atoms with Crippen molar-refractivity contribution in [3.05, 3.63) is 38.3 Å². The SMILES string of the molecule is [N-]=[N+]=NCCCCOc1cccc(I)c1. The van der Waals surface area contributed by atoms with E-state index in [2.05, 4.69) is 32.6 Å². The summed E-state index contributed by atoms with van der Waals surface area (Å²) in [6, 6.07) is 7.93. The first-order chi connectivity index (χ1) is 7.33. The van der Waals surface area contributed by atoms with E-state index >= 15 is 0 Å². The van der Waals surface area contributed by atoms with Gasteiger partial charge in [0.25, 0.3) is 0 Å². The van der Waals surface area contributed by atoms with E-state index < -0.39 is 0 Å². The fraction of sp³-hybridized carbons (Fsp3) is 0.400. The van der Waals surface area contributed by atoms with E-state index in [-0.39, 0.29) is 0 Å². The zero-order chi connectivity index (χ0) is 10.9. The predicted molar refractivity (Wildman–Crippen MR) is 67.9 cm³/mol. The number of halogens is 1. The second kappa shape index (κ2) is 7.36. The molecule has 0 atom stereocenters. The molecule has 1 rings (SSSR count). The van der Waals surface area contributed by atoms with Crippen molar-refractivity contribution in [2.24, 2.45) is 5.11 Å². The Morgan fingerprint density at radius 2 is 2.27 bits per heavy atom. The molecule has 0 unspecified atom stereocenters. The van der Waals surface area contributed by atoms with E-state index in [0.717, 1.165) is 18.6 Å². The number of azide groups is 1. The molecule has 0 aliphatic rings. The summed E-state index contributed by atoms with van der Waals surface area (Å²) >= 11 is 2.25. The minimum atomic E-state index is 0.548. The van der Waals surface area contributed by atoms with Crippen molar-refractivity contribution in [2.45, 2.75) is 12.8 Å². The fourth-order valence-electron chi connectivity index (χ4n) is 1.08. The third-order valence-electron chi connectivity index (χ3n) is 1.78. The highest BCUT2D eigenvalue weighted by Crippen LogP contribution is 2.14. The molecule has 0 bridgehead atoms. The molecular weight excluding hydrogens is 305 g/mol. The Hall–Kier alpha value is -0.940. The molecule has 0 saturated heterocycles. The van der Waals surface area contributed by atoms with Crippen LogP contribution in [0, 0.1) is 3.57 Å². The average molecular weight is 317 g/mol. The monoisotopic (exact) mass is 317 g/mol. The maximum atomic E-state index is 8.06. The van der Waals surface area contributed by atoms with Crippen LogP contribution in [0.5, 0.6) is 5.75 Å². The maximum Gasteiger partial charge on any atom is 0.120 e. The highest BCUT2D eigenvalue weighted by molar-refractivity contribution is 14.1. The summed E-state index contributed by atoms with van der Waals surface area (Å²) in [5.41, 5.74) is 8.06. The Labute approximate surface area is 102 Å². The molecule has 0 aliphatic carbocycles. The van der Waals surface area contributed by atoms with Gasteiger partial charge in [0, 0.05) is 15.0 Å². The van der Waals surface area contributed by atoms with Crippen LogP contribution in [0.3, 0.4) is 0 Å². The van der Waals surface area contributed by atoms with Gasteiger partial charge in [0.1, 0.15) is 5.75 Å². The number of benzene rings is 1. The van der Waals surface area contributed by atoms with Gasteiger partial charge in [0.2, 0.25) is 0 Å². The van der Waals surface area contributed by atoms with Crippen LogP contribution in [0.25, 0.3) is 10.4 Å². The van der Waals surface area contributed by atoms with Crippen molar-refractivity contribution >= 4 is 22.6 Å². The predicted octanol–water partition coefficient (Wildman–Crippen LogP) is 3.76. The van der Waals surface area contributed by atoms with E-state index in [0.29, 0.717) is 13.2 Å². The van der Waals surface area contributed by atoms with Crippen molar-refractivity contribution in [1.82, 2.24) is 0 Å². The minimum Gasteiger partial charge on any atom is -0.494 e. The largest absolute Gasteiger partial charge is 0.494 e. The average Bonchev–Trinajstić information content (AvgIpc) is 2.23. The molecule has 0 aliphatic heterocycles. The van der Waals surface area contributed by atoms with Gasteiger partial charge in [-0.25, -0.2) is 0 Å². The third kappa shape index (κ3) is 5.49. The van der Waals surface area contributed by atoms with Gasteiger partial charge in [-0.05, 0) is 59.2 Å². The number of unbranched alkanes of at least 4 members (excludes halogenated alkanes) is 1. The van der Waals surface area contributed by atoms with Crippen LogP contribution < -0.4 is 4.74 Å². The number of hydrogen-bond acceptors (Lipinski definition) is 2. The lowest BCUT2D eigenvalue weighted by atomic mass is 10.3. The first-order valence-electron chi connectivity index (χ1n) is 4.72. The second-order valence-electron chi connectivity index (χ2n) is 2.97. The number of rotatable bonds is 6. The molecule has 0 amide bonds. The zero-order valence-electron chi connectivity index (χ0n) is 8.27. The molecule has 0 heterocycles. The lowest BCUT2D eigenvalue weighted by Crippen LogP contribution is -1.98. The summed E-state index contributed by atoms with van der Waals surface area (Å²) in [6.45, 7) is 1.22. The van der Waals surface area contributed by atoms with Gasteiger partial charge in [-0.1, -0.05) is 11.2 Å². The first-order valence-corrected chi connectivity index (χ1v) is 5.80. The molecule has 15 heavy (non-hydrogen) atoms. The van der Waals surface area contributed by atoms with Crippen LogP contribution in [-0.4, -0.2) is 13.2 Å². The molecular formula is C10H12IN3O. The zero-order valence-corrected chi connectivity index (χ0v) is 10.4. The van der Waals surface area contributed by atoms with Gasteiger partial charge >= 0.3 is 0 Å². The molecule has 0 saturated carbocycles. The van der Waals surface area contributed by atoms with E-state index in [1.807, 2.05) is 24.3 Å². The van der Waals surface area contributed by atoms with Crippen LogP contribution in [-0.2, 0) is 0 Å². The van der Waals surface area contributed by atoms with Gasteiger partial charge in [-0.3, -0.25) is 0 Å². The molecule has 0 fully saturated rings. The quantitative estimate of drug-likeness (QED) is 0.259. The van der Waals surface area contributed by atoms with Crippen LogP contribution >= 0.6 is 22.6 Å². The van der Waals surface area contributed by atoms with Crippen LogP contribution in [0.2, 0.25) is 0 Å². The van der Waals surface area contributed by atoms with E-state index in [4.69, 9.17) is 10.3 Å². The smallest absolute Gasteiger partial charge is 0.120 e. The molecule has 0 radical (unpaired) electrons. The number of ether oxygens (including phenoxy) is 1. The molecule has 4 nitrogen and oxygen atoms in total. The summed E-state index contributed by atoms with van der Waals surface area (Å²) in [4.78, 5) is 2.69. The van der Waals surface area contributed by atoms with Crippen molar-refractivity contribution < 1.29 is 4.74 Å². The standard InChI is InChI=1S/C10H12IN3O/c11-9-4-3-5-10(8-9)15-7-2-1-6-13-14-12/h3-5,8H,1-2,6-7H2. The van der Waals surface area contributed by atoms with Gasteiger partial charge in [-0.15, -0.1) is 0 Å². The molecule has 1 aromatic rings. The van der Waals surface area contributed by atoms with Gasteiger partial charge in [-0.2, -0.15) is 0 Å². The van der Waals surface area contributed by atoms with Gasteiger partial charge in [0.15, 0.2) is 0 Å². The van der Waals surface area contributed by atoms with E-state index in [9.17, 15) is 0 Å².